The first-order valence-corrected chi connectivity index (χ1v) is 13.8. The van der Waals surface area contributed by atoms with Gasteiger partial charge < -0.3 is 19.5 Å². The monoisotopic (exact) mass is 569 g/mol. The van der Waals surface area contributed by atoms with Crippen molar-refractivity contribution in [2.45, 2.75) is 72.1 Å². The van der Waals surface area contributed by atoms with Gasteiger partial charge in [0.05, 0.1) is 19.1 Å². The standard InChI is InChI=1S/C32H37ClFNO5/c1-6-7-15-38-29(36)19-23-11-8-9-14-28(23)39-20-22-16-24(18-25(33)17-22)27-13-10-12-26(30(27)34)21(2)35-31(37)40-32(3,4)5/h8-14,16-18,21H,6-7,15,19-20H2,1-5H3,(H,35,37). The van der Waals surface area contributed by atoms with Gasteiger partial charge in [-0.2, -0.15) is 0 Å². The molecule has 3 aromatic rings. The normalized spacial score (nSPS) is 12.0. The largest absolute Gasteiger partial charge is 0.489 e. The highest BCUT2D eigenvalue weighted by Crippen LogP contribution is 2.31. The van der Waals surface area contributed by atoms with Crippen molar-refractivity contribution < 1.29 is 28.2 Å². The maximum Gasteiger partial charge on any atom is 0.408 e. The summed E-state index contributed by atoms with van der Waals surface area (Å²) in [7, 11) is 0. The number of nitrogens with one attached hydrogen (secondary N) is 1. The number of alkyl carbamates (subject to hydrolysis) is 1. The Balaban J connectivity index is 1.76. The van der Waals surface area contributed by atoms with E-state index < -0.39 is 23.6 Å². The number of carbonyl (C=O) groups excluding carboxylic acids is 2. The molecule has 0 aliphatic rings. The van der Waals surface area contributed by atoms with Crippen LogP contribution in [0.3, 0.4) is 0 Å². The first kappa shape index (κ1) is 31.0. The summed E-state index contributed by atoms with van der Waals surface area (Å²) in [5.74, 6) is -0.209. The van der Waals surface area contributed by atoms with E-state index in [0.717, 1.165) is 24.0 Å². The predicted octanol–water partition coefficient (Wildman–Crippen LogP) is 8.20. The molecule has 6 nitrogen and oxygen atoms in total. The Morgan fingerprint density at radius 2 is 1.80 bits per heavy atom. The number of ether oxygens (including phenoxy) is 3. The van der Waals surface area contributed by atoms with E-state index >= 15 is 4.39 Å². The molecular weight excluding hydrogens is 533 g/mol. The van der Waals surface area contributed by atoms with E-state index in [1.54, 1.807) is 64.1 Å². The van der Waals surface area contributed by atoms with Gasteiger partial charge in [0.25, 0.3) is 0 Å². The third kappa shape index (κ3) is 9.26. The van der Waals surface area contributed by atoms with Gasteiger partial charge in [0, 0.05) is 21.7 Å². The van der Waals surface area contributed by atoms with E-state index in [-0.39, 0.29) is 19.0 Å². The SMILES string of the molecule is CCCCOC(=O)Cc1ccccc1OCc1cc(Cl)cc(-c2cccc(C(C)NC(=O)OC(C)(C)C)c2F)c1. The lowest BCUT2D eigenvalue weighted by Gasteiger charge is -2.22. The van der Waals surface area contributed by atoms with Gasteiger partial charge in [0.15, 0.2) is 0 Å². The molecule has 0 radical (unpaired) electrons. The van der Waals surface area contributed by atoms with Gasteiger partial charge in [-0.1, -0.05) is 61.3 Å². The second-order valence-corrected chi connectivity index (χ2v) is 11.0. The molecule has 1 unspecified atom stereocenters. The highest BCUT2D eigenvalue weighted by atomic mass is 35.5. The van der Waals surface area contributed by atoms with Crippen molar-refractivity contribution in [3.8, 4) is 16.9 Å². The number of carbonyl (C=O) groups is 2. The Morgan fingerprint density at radius 3 is 2.52 bits per heavy atom. The van der Waals surface area contributed by atoms with Gasteiger partial charge in [-0.05, 0) is 69.5 Å². The number of hydrogen-bond donors (Lipinski definition) is 1. The molecule has 0 fully saturated rings. The molecule has 214 valence electrons. The van der Waals surface area contributed by atoms with Crippen molar-refractivity contribution in [2.75, 3.05) is 6.61 Å². The van der Waals surface area contributed by atoms with Crippen LogP contribution in [0.4, 0.5) is 9.18 Å². The van der Waals surface area contributed by atoms with Crippen molar-refractivity contribution in [3.63, 3.8) is 0 Å². The number of esters is 1. The van der Waals surface area contributed by atoms with E-state index in [1.165, 1.54) is 0 Å². The van der Waals surface area contributed by atoms with E-state index in [2.05, 4.69) is 5.32 Å². The van der Waals surface area contributed by atoms with Gasteiger partial charge in [-0.3, -0.25) is 4.79 Å². The lowest BCUT2D eigenvalue weighted by atomic mass is 9.97. The van der Waals surface area contributed by atoms with E-state index in [9.17, 15) is 9.59 Å². The Labute approximate surface area is 240 Å². The summed E-state index contributed by atoms with van der Waals surface area (Å²) in [6, 6.07) is 16.9. The van der Waals surface area contributed by atoms with Crippen LogP contribution >= 0.6 is 11.6 Å². The highest BCUT2D eigenvalue weighted by molar-refractivity contribution is 6.31. The van der Waals surface area contributed by atoms with Gasteiger partial charge in [-0.15, -0.1) is 0 Å². The zero-order valence-electron chi connectivity index (χ0n) is 23.7. The Hall–Kier alpha value is -3.58. The van der Waals surface area contributed by atoms with E-state index in [4.69, 9.17) is 25.8 Å². The Kier molecular flexibility index (Phi) is 11.0. The fraction of sp³-hybridized carbons (Fsp3) is 0.375. The molecule has 0 saturated carbocycles. The molecular formula is C32H37ClFNO5. The van der Waals surface area contributed by atoms with Crippen LogP contribution in [0.1, 0.15) is 70.2 Å². The molecule has 0 aliphatic heterocycles. The van der Waals surface area contributed by atoms with Gasteiger partial charge in [0.2, 0.25) is 0 Å². The number of benzene rings is 3. The Bertz CT molecular complexity index is 1320. The topological polar surface area (TPSA) is 73.9 Å². The summed E-state index contributed by atoms with van der Waals surface area (Å²) in [5, 5.41) is 3.11. The summed E-state index contributed by atoms with van der Waals surface area (Å²) in [6.07, 6.45) is 1.25. The lowest BCUT2D eigenvalue weighted by molar-refractivity contribution is -0.142. The molecule has 0 spiro atoms. The van der Waals surface area contributed by atoms with Crippen LogP contribution in [0.5, 0.6) is 5.75 Å². The van der Waals surface area contributed by atoms with Crippen LogP contribution in [-0.2, 0) is 27.3 Å². The average molecular weight is 570 g/mol. The molecule has 0 bridgehead atoms. The molecule has 0 heterocycles. The van der Waals surface area contributed by atoms with Crippen molar-refractivity contribution in [2.24, 2.45) is 0 Å². The zero-order chi connectivity index (χ0) is 29.3. The quantitative estimate of drug-likeness (QED) is 0.186. The smallest absolute Gasteiger partial charge is 0.408 e. The fourth-order valence-corrected chi connectivity index (χ4v) is 4.30. The van der Waals surface area contributed by atoms with Gasteiger partial charge >= 0.3 is 12.1 Å². The molecule has 8 heteroatoms. The van der Waals surface area contributed by atoms with Crippen molar-refractivity contribution in [1.82, 2.24) is 5.32 Å². The number of para-hydroxylation sites is 1. The number of halogens is 2. The first-order chi connectivity index (χ1) is 19.0. The molecule has 1 atom stereocenters. The maximum absolute atomic E-state index is 15.7. The molecule has 0 aromatic heterocycles. The summed E-state index contributed by atoms with van der Waals surface area (Å²) < 4.78 is 32.3. The molecule has 0 aliphatic carbocycles. The second kappa shape index (κ2) is 14.2. The van der Waals surface area contributed by atoms with E-state index in [1.807, 2.05) is 31.2 Å². The minimum atomic E-state index is -0.665. The molecule has 1 N–H and O–H groups in total. The maximum atomic E-state index is 15.7. The van der Waals surface area contributed by atoms with Crippen LogP contribution in [0.25, 0.3) is 11.1 Å². The summed E-state index contributed by atoms with van der Waals surface area (Å²) in [4.78, 5) is 24.4. The van der Waals surface area contributed by atoms with Gasteiger partial charge in [0.1, 0.15) is 23.8 Å². The minimum absolute atomic E-state index is 0.105. The average Bonchev–Trinajstić information content (AvgIpc) is 2.87. The van der Waals surface area contributed by atoms with Crippen LogP contribution in [0.15, 0.2) is 60.7 Å². The summed E-state index contributed by atoms with van der Waals surface area (Å²) in [5.41, 5.74) is 2.02. The van der Waals surface area contributed by atoms with Crippen molar-refractivity contribution in [3.05, 3.63) is 88.2 Å². The van der Waals surface area contributed by atoms with Crippen molar-refractivity contribution in [1.29, 1.82) is 0 Å². The van der Waals surface area contributed by atoms with Crippen LogP contribution in [0.2, 0.25) is 5.02 Å². The van der Waals surface area contributed by atoms with Gasteiger partial charge in [-0.25, -0.2) is 9.18 Å². The third-order valence-electron chi connectivity index (χ3n) is 5.96. The number of hydrogen-bond acceptors (Lipinski definition) is 5. The van der Waals surface area contributed by atoms with Crippen LogP contribution < -0.4 is 10.1 Å². The summed E-state index contributed by atoms with van der Waals surface area (Å²) in [6.45, 7) is 9.58. The molecule has 3 rings (SSSR count). The number of unbranched alkanes of at least 4 members (excludes halogenated alkanes) is 1. The van der Waals surface area contributed by atoms with Crippen molar-refractivity contribution >= 4 is 23.7 Å². The molecule has 3 aromatic carbocycles. The predicted molar refractivity (Wildman–Crippen MR) is 155 cm³/mol. The fourth-order valence-electron chi connectivity index (χ4n) is 4.05. The second-order valence-electron chi connectivity index (χ2n) is 10.6. The first-order valence-electron chi connectivity index (χ1n) is 13.4. The molecule has 0 saturated heterocycles. The third-order valence-corrected chi connectivity index (χ3v) is 6.18. The van der Waals surface area contributed by atoms with Crippen LogP contribution in [0, 0.1) is 5.82 Å². The zero-order valence-corrected chi connectivity index (χ0v) is 24.4. The molecule has 1 amide bonds. The number of amides is 1. The van der Waals surface area contributed by atoms with Crippen LogP contribution in [-0.4, -0.2) is 24.3 Å². The van der Waals surface area contributed by atoms with E-state index in [0.29, 0.717) is 34.1 Å². The highest BCUT2D eigenvalue weighted by Gasteiger charge is 2.21. The number of rotatable bonds is 11. The Morgan fingerprint density at radius 1 is 1.05 bits per heavy atom. The summed E-state index contributed by atoms with van der Waals surface area (Å²) >= 11 is 6.41. The molecule has 40 heavy (non-hydrogen) atoms. The minimum Gasteiger partial charge on any atom is -0.489 e. The lowest BCUT2D eigenvalue weighted by Crippen LogP contribution is -2.34.